The topological polar surface area (TPSA) is 66.4 Å². The van der Waals surface area contributed by atoms with Gasteiger partial charge in [0.25, 0.3) is 0 Å². The van der Waals surface area contributed by atoms with Crippen molar-refractivity contribution in [2.24, 2.45) is 17.3 Å². The van der Waals surface area contributed by atoms with Crippen molar-refractivity contribution in [1.29, 1.82) is 0 Å². The highest BCUT2D eigenvalue weighted by atomic mass is 16.4. The number of aliphatic carboxylic acids is 1. The van der Waals surface area contributed by atoms with Gasteiger partial charge in [0.2, 0.25) is 5.91 Å². The van der Waals surface area contributed by atoms with Crippen LogP contribution in [-0.2, 0) is 9.59 Å². The van der Waals surface area contributed by atoms with Crippen LogP contribution in [0, 0.1) is 17.3 Å². The molecule has 2 atom stereocenters. The first kappa shape index (κ1) is 15.0. The Labute approximate surface area is 109 Å². The van der Waals surface area contributed by atoms with Crippen molar-refractivity contribution in [3.05, 3.63) is 0 Å². The van der Waals surface area contributed by atoms with Crippen LogP contribution in [-0.4, -0.2) is 23.0 Å². The van der Waals surface area contributed by atoms with Crippen molar-refractivity contribution in [2.45, 2.75) is 59.4 Å². The average Bonchev–Trinajstić information content (AvgIpc) is 2.65. The van der Waals surface area contributed by atoms with E-state index in [0.29, 0.717) is 5.92 Å². The summed E-state index contributed by atoms with van der Waals surface area (Å²) in [5, 5.41) is 12.1. The van der Waals surface area contributed by atoms with E-state index in [-0.39, 0.29) is 11.9 Å². The molecule has 0 aromatic carbocycles. The standard InChI is InChI=1S/C14H25NO3/c1-9(10-7-5-6-8-10)15-12(16)11(13(17)18)14(2,3)4/h9-11H,5-8H2,1-4H3,(H,15,16)(H,17,18). The van der Waals surface area contributed by atoms with Crippen molar-refractivity contribution < 1.29 is 14.7 Å². The Bertz CT molecular complexity index is 313. The van der Waals surface area contributed by atoms with Crippen LogP contribution < -0.4 is 5.32 Å². The first-order chi connectivity index (χ1) is 8.23. The molecule has 0 heterocycles. The van der Waals surface area contributed by atoms with E-state index in [0.717, 1.165) is 12.8 Å². The van der Waals surface area contributed by atoms with Crippen molar-refractivity contribution >= 4 is 11.9 Å². The maximum atomic E-state index is 12.1. The summed E-state index contributed by atoms with van der Waals surface area (Å²) in [6.07, 6.45) is 4.70. The van der Waals surface area contributed by atoms with Crippen LogP contribution in [0.1, 0.15) is 53.4 Å². The summed E-state index contributed by atoms with van der Waals surface area (Å²) in [5.74, 6) is -1.88. The molecule has 0 aromatic heterocycles. The van der Waals surface area contributed by atoms with E-state index < -0.39 is 17.3 Å². The lowest BCUT2D eigenvalue weighted by molar-refractivity contribution is -0.151. The maximum absolute atomic E-state index is 12.1. The second-order valence-electron chi connectivity index (χ2n) is 6.48. The van der Waals surface area contributed by atoms with Gasteiger partial charge in [-0.05, 0) is 31.1 Å². The molecule has 1 amide bonds. The van der Waals surface area contributed by atoms with Gasteiger partial charge in [-0.25, -0.2) is 0 Å². The molecule has 0 aliphatic heterocycles. The Hall–Kier alpha value is -1.06. The Balaban J connectivity index is 2.64. The molecule has 1 aliphatic carbocycles. The van der Waals surface area contributed by atoms with Crippen molar-refractivity contribution in [2.75, 3.05) is 0 Å². The van der Waals surface area contributed by atoms with E-state index in [1.165, 1.54) is 12.8 Å². The fraction of sp³-hybridized carbons (Fsp3) is 0.857. The summed E-state index contributed by atoms with van der Waals surface area (Å²) in [5.41, 5.74) is -0.564. The van der Waals surface area contributed by atoms with E-state index in [2.05, 4.69) is 5.32 Å². The third kappa shape index (κ3) is 3.72. The molecule has 0 aromatic rings. The summed E-state index contributed by atoms with van der Waals surface area (Å²) >= 11 is 0. The summed E-state index contributed by atoms with van der Waals surface area (Å²) < 4.78 is 0. The molecule has 1 saturated carbocycles. The molecular weight excluding hydrogens is 230 g/mol. The Morgan fingerprint density at radius 1 is 1.22 bits per heavy atom. The predicted molar refractivity (Wildman–Crippen MR) is 70.1 cm³/mol. The minimum absolute atomic E-state index is 0.0733. The van der Waals surface area contributed by atoms with Gasteiger partial charge in [-0.1, -0.05) is 33.6 Å². The second-order valence-corrected chi connectivity index (χ2v) is 6.48. The molecule has 18 heavy (non-hydrogen) atoms. The summed E-state index contributed by atoms with van der Waals surface area (Å²) in [6.45, 7) is 7.33. The van der Waals surface area contributed by atoms with Gasteiger partial charge < -0.3 is 10.4 Å². The van der Waals surface area contributed by atoms with Gasteiger partial charge in [0, 0.05) is 6.04 Å². The van der Waals surface area contributed by atoms with Gasteiger partial charge in [0.05, 0.1) is 0 Å². The number of carbonyl (C=O) groups is 2. The molecule has 1 rings (SSSR count). The lowest BCUT2D eigenvalue weighted by atomic mass is 9.80. The normalized spacial score (nSPS) is 20.4. The lowest BCUT2D eigenvalue weighted by Gasteiger charge is -2.29. The number of hydrogen-bond donors (Lipinski definition) is 2. The Morgan fingerprint density at radius 3 is 2.11 bits per heavy atom. The number of hydrogen-bond acceptors (Lipinski definition) is 2. The Kier molecular flexibility index (Phi) is 4.77. The predicted octanol–water partition coefficient (Wildman–Crippen LogP) is 2.43. The third-order valence-electron chi connectivity index (χ3n) is 3.85. The monoisotopic (exact) mass is 255 g/mol. The van der Waals surface area contributed by atoms with Crippen LogP contribution in [0.15, 0.2) is 0 Å². The van der Waals surface area contributed by atoms with Crippen LogP contribution in [0.25, 0.3) is 0 Å². The Morgan fingerprint density at radius 2 is 1.72 bits per heavy atom. The zero-order valence-electron chi connectivity index (χ0n) is 11.8. The van der Waals surface area contributed by atoms with E-state index in [1.807, 2.05) is 6.92 Å². The highest BCUT2D eigenvalue weighted by molar-refractivity contribution is 5.97. The maximum Gasteiger partial charge on any atom is 0.316 e. The molecule has 2 N–H and O–H groups in total. The zero-order valence-corrected chi connectivity index (χ0v) is 11.8. The van der Waals surface area contributed by atoms with Crippen molar-refractivity contribution in [1.82, 2.24) is 5.32 Å². The molecule has 0 saturated heterocycles. The van der Waals surface area contributed by atoms with Crippen molar-refractivity contribution in [3.63, 3.8) is 0 Å². The molecule has 2 unspecified atom stereocenters. The number of carbonyl (C=O) groups excluding carboxylic acids is 1. The van der Waals surface area contributed by atoms with Crippen LogP contribution in [0.2, 0.25) is 0 Å². The van der Waals surface area contributed by atoms with Gasteiger partial charge in [-0.3, -0.25) is 9.59 Å². The first-order valence-electron chi connectivity index (χ1n) is 6.76. The number of nitrogens with one attached hydrogen (secondary N) is 1. The molecule has 0 bridgehead atoms. The van der Waals surface area contributed by atoms with E-state index >= 15 is 0 Å². The second kappa shape index (κ2) is 5.72. The van der Waals surface area contributed by atoms with Crippen LogP contribution in [0.5, 0.6) is 0 Å². The molecule has 0 spiro atoms. The SMILES string of the molecule is CC(NC(=O)C(C(=O)O)C(C)(C)C)C1CCCC1. The lowest BCUT2D eigenvalue weighted by Crippen LogP contribution is -2.47. The van der Waals surface area contributed by atoms with Crippen LogP contribution in [0.3, 0.4) is 0 Å². The van der Waals surface area contributed by atoms with Crippen LogP contribution >= 0.6 is 0 Å². The summed E-state index contributed by atoms with van der Waals surface area (Å²) in [4.78, 5) is 23.3. The first-order valence-corrected chi connectivity index (χ1v) is 6.76. The van der Waals surface area contributed by atoms with E-state index in [1.54, 1.807) is 20.8 Å². The van der Waals surface area contributed by atoms with E-state index in [4.69, 9.17) is 0 Å². The molecule has 4 heteroatoms. The van der Waals surface area contributed by atoms with Gasteiger partial charge in [-0.15, -0.1) is 0 Å². The quantitative estimate of drug-likeness (QED) is 0.758. The molecule has 1 fully saturated rings. The molecular formula is C14H25NO3. The number of rotatable bonds is 4. The van der Waals surface area contributed by atoms with Gasteiger partial charge in [-0.2, -0.15) is 0 Å². The largest absolute Gasteiger partial charge is 0.481 e. The van der Waals surface area contributed by atoms with Gasteiger partial charge >= 0.3 is 5.97 Å². The number of carboxylic acids is 1. The summed E-state index contributed by atoms with van der Waals surface area (Å²) in [6, 6.07) is 0.0733. The van der Waals surface area contributed by atoms with Gasteiger partial charge in [0.15, 0.2) is 0 Å². The van der Waals surface area contributed by atoms with E-state index in [9.17, 15) is 14.7 Å². The fourth-order valence-corrected chi connectivity index (χ4v) is 2.76. The highest BCUT2D eigenvalue weighted by Gasteiger charge is 2.38. The van der Waals surface area contributed by atoms with Crippen LogP contribution in [0.4, 0.5) is 0 Å². The molecule has 1 aliphatic rings. The third-order valence-corrected chi connectivity index (χ3v) is 3.85. The van der Waals surface area contributed by atoms with Gasteiger partial charge in [0.1, 0.15) is 5.92 Å². The van der Waals surface area contributed by atoms with Crippen molar-refractivity contribution in [3.8, 4) is 0 Å². The molecule has 4 nitrogen and oxygen atoms in total. The number of carboxylic acid groups (broad SMARTS) is 1. The fourth-order valence-electron chi connectivity index (χ4n) is 2.76. The smallest absolute Gasteiger partial charge is 0.316 e. The minimum Gasteiger partial charge on any atom is -0.481 e. The minimum atomic E-state index is -1.04. The average molecular weight is 255 g/mol. The molecule has 0 radical (unpaired) electrons. The zero-order chi connectivity index (χ0) is 13.9. The summed E-state index contributed by atoms with van der Waals surface area (Å²) in [7, 11) is 0. The highest BCUT2D eigenvalue weighted by Crippen LogP contribution is 2.29. The number of amides is 1. The molecule has 104 valence electrons.